The maximum atomic E-state index is 13.7. The topological polar surface area (TPSA) is 40.5 Å². The summed E-state index contributed by atoms with van der Waals surface area (Å²) in [6, 6.07) is 6.99. The highest BCUT2D eigenvalue weighted by Crippen LogP contribution is 2.26. The van der Waals surface area contributed by atoms with Crippen molar-refractivity contribution in [2.75, 3.05) is 0 Å². The van der Waals surface area contributed by atoms with Crippen LogP contribution in [0.25, 0.3) is 0 Å². The van der Waals surface area contributed by atoms with Crippen LogP contribution >= 0.6 is 11.8 Å². The van der Waals surface area contributed by atoms with Gasteiger partial charge in [-0.05, 0) is 29.2 Å². The summed E-state index contributed by atoms with van der Waals surface area (Å²) >= 11 is 1.03. The van der Waals surface area contributed by atoms with Gasteiger partial charge in [-0.25, -0.2) is 13.2 Å². The molecule has 0 heterocycles. The summed E-state index contributed by atoms with van der Waals surface area (Å²) < 4.78 is 39.8. The van der Waals surface area contributed by atoms with Crippen LogP contribution in [0.4, 0.5) is 13.2 Å². The quantitative estimate of drug-likeness (QED) is 0.670. The zero-order valence-corrected chi connectivity index (χ0v) is 11.0. The monoisotopic (exact) mass is 298 g/mol. The molecular weight excluding hydrogens is 288 g/mol. The summed E-state index contributed by atoms with van der Waals surface area (Å²) in [4.78, 5) is 0.220. The Morgan fingerprint density at radius 1 is 0.950 bits per heavy atom. The third kappa shape index (κ3) is 3.56. The van der Waals surface area contributed by atoms with E-state index in [4.69, 9.17) is 10.0 Å². The summed E-state index contributed by atoms with van der Waals surface area (Å²) in [6.45, 7) is 0. The minimum absolute atomic E-state index is 0.0456. The van der Waals surface area contributed by atoms with E-state index in [0.29, 0.717) is 5.56 Å². The van der Waals surface area contributed by atoms with Gasteiger partial charge in [0.2, 0.25) is 0 Å². The maximum absolute atomic E-state index is 13.7. The van der Waals surface area contributed by atoms with Gasteiger partial charge < -0.3 is 10.0 Å². The van der Waals surface area contributed by atoms with Gasteiger partial charge in [-0.2, -0.15) is 0 Å². The molecule has 0 bridgehead atoms. The van der Waals surface area contributed by atoms with Crippen molar-refractivity contribution in [3.8, 4) is 0 Å². The molecule has 104 valence electrons. The molecule has 7 heteroatoms. The average molecular weight is 298 g/mol. The predicted octanol–water partition coefficient (Wildman–Crippen LogP) is 2.08. The normalized spacial score (nSPS) is 10.7. The Kier molecular flexibility index (Phi) is 4.75. The van der Waals surface area contributed by atoms with Gasteiger partial charge in [0.25, 0.3) is 0 Å². The van der Waals surface area contributed by atoms with E-state index in [0.717, 1.165) is 30.0 Å². The van der Waals surface area contributed by atoms with E-state index in [-0.39, 0.29) is 16.1 Å². The Bertz CT molecular complexity index is 623. The molecule has 0 unspecified atom stereocenters. The second-order valence-corrected chi connectivity index (χ2v) is 5.11. The van der Waals surface area contributed by atoms with Gasteiger partial charge >= 0.3 is 7.12 Å². The van der Waals surface area contributed by atoms with Crippen molar-refractivity contribution in [2.24, 2.45) is 0 Å². The number of hydrogen-bond donors (Lipinski definition) is 2. The Morgan fingerprint density at radius 2 is 1.70 bits per heavy atom. The summed E-state index contributed by atoms with van der Waals surface area (Å²) in [5.74, 6) is -1.82. The standard InChI is InChI=1S/C13H10BF3O2S/c15-10-3-4-13(12(17)6-10)20-7-8-1-2-9(14(18)19)5-11(8)16/h1-6,18-19H,7H2. The van der Waals surface area contributed by atoms with Crippen LogP contribution in [-0.2, 0) is 5.75 Å². The van der Waals surface area contributed by atoms with Crippen LogP contribution in [0.15, 0.2) is 41.3 Å². The van der Waals surface area contributed by atoms with Gasteiger partial charge in [-0.1, -0.05) is 12.1 Å². The Hall–Kier alpha value is -1.44. The van der Waals surface area contributed by atoms with Crippen LogP contribution in [0.1, 0.15) is 5.56 Å². The smallest absolute Gasteiger partial charge is 0.423 e. The minimum atomic E-state index is -1.74. The molecule has 0 aromatic heterocycles. The highest BCUT2D eigenvalue weighted by molar-refractivity contribution is 7.98. The second-order valence-electron chi connectivity index (χ2n) is 4.09. The summed E-state index contributed by atoms with van der Waals surface area (Å²) in [6.07, 6.45) is 0. The molecule has 2 aromatic rings. The first-order valence-electron chi connectivity index (χ1n) is 5.69. The van der Waals surface area contributed by atoms with Crippen LogP contribution in [0.2, 0.25) is 0 Å². The lowest BCUT2D eigenvalue weighted by Crippen LogP contribution is -2.30. The number of thioether (sulfide) groups is 1. The molecule has 0 radical (unpaired) electrons. The van der Waals surface area contributed by atoms with Crippen LogP contribution in [0, 0.1) is 17.5 Å². The summed E-state index contributed by atoms with van der Waals surface area (Å²) in [7, 11) is -1.74. The number of rotatable bonds is 4. The largest absolute Gasteiger partial charge is 0.488 e. The maximum Gasteiger partial charge on any atom is 0.488 e. The first-order valence-corrected chi connectivity index (χ1v) is 6.68. The zero-order chi connectivity index (χ0) is 14.7. The van der Waals surface area contributed by atoms with E-state index in [1.807, 2.05) is 0 Å². The molecule has 0 saturated heterocycles. The van der Waals surface area contributed by atoms with Gasteiger partial charge in [0, 0.05) is 16.7 Å². The van der Waals surface area contributed by atoms with Crippen LogP contribution in [-0.4, -0.2) is 17.2 Å². The molecule has 20 heavy (non-hydrogen) atoms. The van der Waals surface area contributed by atoms with Gasteiger partial charge in [-0.3, -0.25) is 0 Å². The van der Waals surface area contributed by atoms with Gasteiger partial charge in [-0.15, -0.1) is 11.8 Å². The average Bonchev–Trinajstić information content (AvgIpc) is 2.38. The van der Waals surface area contributed by atoms with Crippen molar-refractivity contribution < 1.29 is 23.2 Å². The second kappa shape index (κ2) is 6.34. The van der Waals surface area contributed by atoms with Crippen molar-refractivity contribution in [1.82, 2.24) is 0 Å². The zero-order valence-electron chi connectivity index (χ0n) is 10.2. The Balaban J connectivity index is 2.11. The lowest BCUT2D eigenvalue weighted by Gasteiger charge is -2.06. The Labute approximate surface area is 118 Å². The fourth-order valence-corrected chi connectivity index (χ4v) is 2.50. The molecule has 0 atom stereocenters. The van der Waals surface area contributed by atoms with E-state index in [1.54, 1.807) is 0 Å². The van der Waals surface area contributed by atoms with Crippen molar-refractivity contribution in [1.29, 1.82) is 0 Å². The van der Waals surface area contributed by atoms with Gasteiger partial charge in [0.15, 0.2) is 0 Å². The third-order valence-electron chi connectivity index (χ3n) is 2.65. The predicted molar refractivity (Wildman–Crippen MR) is 72.1 cm³/mol. The Morgan fingerprint density at radius 3 is 2.30 bits per heavy atom. The fraction of sp³-hybridized carbons (Fsp3) is 0.0769. The lowest BCUT2D eigenvalue weighted by atomic mass is 9.80. The van der Waals surface area contributed by atoms with E-state index in [2.05, 4.69) is 0 Å². The van der Waals surface area contributed by atoms with Gasteiger partial charge in [0.1, 0.15) is 17.5 Å². The number of hydrogen-bond acceptors (Lipinski definition) is 3. The minimum Gasteiger partial charge on any atom is -0.423 e. The van der Waals surface area contributed by atoms with Crippen molar-refractivity contribution in [3.05, 3.63) is 59.4 Å². The molecule has 2 nitrogen and oxygen atoms in total. The van der Waals surface area contributed by atoms with Crippen LogP contribution in [0.5, 0.6) is 0 Å². The van der Waals surface area contributed by atoms with E-state index < -0.39 is 24.6 Å². The molecule has 0 fully saturated rings. The van der Waals surface area contributed by atoms with Crippen molar-refractivity contribution >= 4 is 24.3 Å². The van der Waals surface area contributed by atoms with Crippen molar-refractivity contribution in [3.63, 3.8) is 0 Å². The molecule has 0 spiro atoms. The molecule has 0 saturated carbocycles. The molecule has 2 N–H and O–H groups in total. The van der Waals surface area contributed by atoms with Crippen LogP contribution in [0.3, 0.4) is 0 Å². The molecular formula is C13H10BF3O2S. The highest BCUT2D eigenvalue weighted by atomic mass is 32.2. The summed E-state index contributed by atoms with van der Waals surface area (Å²) in [5.41, 5.74) is 0.340. The molecule has 2 aromatic carbocycles. The number of benzene rings is 2. The molecule has 0 aliphatic carbocycles. The summed E-state index contributed by atoms with van der Waals surface area (Å²) in [5, 5.41) is 17.8. The highest BCUT2D eigenvalue weighted by Gasteiger charge is 2.14. The SMILES string of the molecule is OB(O)c1ccc(CSc2ccc(F)cc2F)c(F)c1. The van der Waals surface area contributed by atoms with E-state index >= 15 is 0 Å². The van der Waals surface area contributed by atoms with Crippen molar-refractivity contribution in [2.45, 2.75) is 10.6 Å². The van der Waals surface area contributed by atoms with E-state index in [9.17, 15) is 13.2 Å². The first-order chi connectivity index (χ1) is 9.47. The number of halogens is 3. The lowest BCUT2D eigenvalue weighted by molar-refractivity contribution is 0.425. The molecule has 0 aliphatic rings. The fourth-order valence-electron chi connectivity index (χ4n) is 1.59. The molecule has 0 amide bonds. The van der Waals surface area contributed by atoms with Crippen LogP contribution < -0.4 is 5.46 Å². The van der Waals surface area contributed by atoms with E-state index in [1.165, 1.54) is 18.2 Å². The molecule has 2 rings (SSSR count). The van der Waals surface area contributed by atoms with Gasteiger partial charge in [0.05, 0.1) is 0 Å². The third-order valence-corrected chi connectivity index (χ3v) is 3.75. The first kappa shape index (κ1) is 15.0. The molecule has 0 aliphatic heterocycles.